The van der Waals surface area contributed by atoms with Gasteiger partial charge in [0.25, 0.3) is 5.91 Å². The zero-order valence-corrected chi connectivity index (χ0v) is 15.2. The minimum absolute atomic E-state index is 0.0712. The van der Waals surface area contributed by atoms with Crippen molar-refractivity contribution in [3.8, 4) is 0 Å². The number of amides is 1. The number of thiazole rings is 1. The van der Waals surface area contributed by atoms with Crippen molar-refractivity contribution in [2.24, 2.45) is 0 Å². The number of benzene rings is 1. The third-order valence-electron chi connectivity index (χ3n) is 5.51. The van der Waals surface area contributed by atoms with Crippen LogP contribution in [0, 0.1) is 0 Å². The van der Waals surface area contributed by atoms with E-state index < -0.39 is 0 Å². The van der Waals surface area contributed by atoms with Gasteiger partial charge in [-0.15, -0.1) is 11.3 Å². The lowest BCUT2D eigenvalue weighted by atomic mass is 9.87. The zero-order valence-electron chi connectivity index (χ0n) is 14.4. The molecule has 1 unspecified atom stereocenters. The topological polar surface area (TPSA) is 45.7 Å². The van der Waals surface area contributed by atoms with Crippen LogP contribution in [-0.2, 0) is 4.74 Å². The highest BCUT2D eigenvalue weighted by atomic mass is 32.1. The first-order chi connectivity index (χ1) is 12.2. The molecule has 3 heterocycles. The molecule has 0 N–H and O–H groups in total. The highest BCUT2D eigenvalue weighted by Crippen LogP contribution is 2.38. The standard InChI is InChI=1S/C19H23N3O2S/c1-21(15-5-3-2-4-6-15)16-11-19(24-13-16)7-9-22(10-8-19)18(23)17-12-20-14-25-17/h2-6,12,14,16H,7-11,13H2,1H3. The highest BCUT2D eigenvalue weighted by Gasteiger charge is 2.44. The number of rotatable bonds is 3. The molecule has 0 radical (unpaired) electrons. The van der Waals surface area contributed by atoms with Crippen molar-refractivity contribution in [1.82, 2.24) is 9.88 Å². The average Bonchev–Trinajstić information content (AvgIpc) is 3.33. The van der Waals surface area contributed by atoms with E-state index >= 15 is 0 Å². The summed E-state index contributed by atoms with van der Waals surface area (Å²) in [6.45, 7) is 2.28. The van der Waals surface area contributed by atoms with Gasteiger partial charge in [0, 0.05) is 25.8 Å². The predicted octanol–water partition coefficient (Wildman–Crippen LogP) is 3.04. The number of carbonyl (C=O) groups excluding carboxylic acids is 1. The molecule has 0 bridgehead atoms. The summed E-state index contributed by atoms with van der Waals surface area (Å²) in [6, 6.07) is 10.9. The van der Waals surface area contributed by atoms with Gasteiger partial charge in [-0.3, -0.25) is 9.78 Å². The largest absolute Gasteiger partial charge is 0.373 e. The van der Waals surface area contributed by atoms with Gasteiger partial charge in [0.15, 0.2) is 0 Å². The molecule has 2 aromatic rings. The fourth-order valence-corrected chi connectivity index (χ4v) is 4.47. The number of hydrogen-bond donors (Lipinski definition) is 0. The van der Waals surface area contributed by atoms with E-state index in [9.17, 15) is 4.79 Å². The Morgan fingerprint density at radius 2 is 2.08 bits per heavy atom. The van der Waals surface area contributed by atoms with Crippen molar-refractivity contribution in [2.75, 3.05) is 31.6 Å². The maximum Gasteiger partial charge on any atom is 0.265 e. The molecule has 1 aromatic heterocycles. The van der Waals surface area contributed by atoms with Crippen LogP contribution in [0.15, 0.2) is 42.0 Å². The molecular formula is C19H23N3O2S. The third kappa shape index (κ3) is 3.28. The molecule has 132 valence electrons. The van der Waals surface area contributed by atoms with Crippen LogP contribution in [0.5, 0.6) is 0 Å². The molecule has 4 rings (SSSR count). The number of hydrogen-bond acceptors (Lipinski definition) is 5. The molecule has 2 aliphatic heterocycles. The Labute approximate surface area is 152 Å². The van der Waals surface area contributed by atoms with E-state index in [1.54, 1.807) is 11.7 Å². The molecule has 0 saturated carbocycles. The maximum absolute atomic E-state index is 12.5. The van der Waals surface area contributed by atoms with Crippen molar-refractivity contribution >= 4 is 22.9 Å². The van der Waals surface area contributed by atoms with Crippen molar-refractivity contribution < 1.29 is 9.53 Å². The van der Waals surface area contributed by atoms with Gasteiger partial charge in [0.05, 0.1) is 30.0 Å². The van der Waals surface area contributed by atoms with E-state index in [0.29, 0.717) is 6.04 Å². The monoisotopic (exact) mass is 357 g/mol. The molecule has 2 saturated heterocycles. The second-order valence-electron chi connectivity index (χ2n) is 6.96. The quantitative estimate of drug-likeness (QED) is 0.847. The van der Waals surface area contributed by atoms with E-state index in [4.69, 9.17) is 4.74 Å². The zero-order chi connectivity index (χ0) is 17.3. The number of para-hydroxylation sites is 1. The van der Waals surface area contributed by atoms with E-state index in [0.717, 1.165) is 43.8 Å². The van der Waals surface area contributed by atoms with Gasteiger partial charge >= 0.3 is 0 Å². The summed E-state index contributed by atoms with van der Waals surface area (Å²) in [5.41, 5.74) is 2.87. The summed E-state index contributed by atoms with van der Waals surface area (Å²) in [6.07, 6.45) is 4.52. The van der Waals surface area contributed by atoms with Crippen molar-refractivity contribution in [3.05, 3.63) is 46.9 Å². The van der Waals surface area contributed by atoms with Crippen molar-refractivity contribution in [2.45, 2.75) is 30.9 Å². The Balaban J connectivity index is 1.37. The number of piperidine rings is 1. The number of nitrogens with zero attached hydrogens (tertiary/aromatic N) is 3. The Morgan fingerprint density at radius 3 is 2.76 bits per heavy atom. The van der Waals surface area contributed by atoms with Gasteiger partial charge in [-0.25, -0.2) is 0 Å². The van der Waals surface area contributed by atoms with Gasteiger partial charge in [-0.1, -0.05) is 18.2 Å². The molecule has 6 heteroatoms. The first kappa shape index (κ1) is 16.5. The van der Waals surface area contributed by atoms with Crippen molar-refractivity contribution in [1.29, 1.82) is 0 Å². The SMILES string of the molecule is CN(c1ccccc1)C1COC2(CCN(C(=O)c3cncs3)CC2)C1. The number of likely N-dealkylation sites (tertiary alicyclic amines) is 1. The molecule has 1 amide bonds. The Bertz CT molecular complexity index is 712. The summed E-state index contributed by atoms with van der Waals surface area (Å²) in [5.74, 6) is 0.105. The predicted molar refractivity (Wildman–Crippen MR) is 99.2 cm³/mol. The summed E-state index contributed by atoms with van der Waals surface area (Å²) >= 11 is 1.41. The number of likely N-dealkylation sites (N-methyl/N-ethyl adjacent to an activating group) is 1. The fourth-order valence-electron chi connectivity index (χ4n) is 3.89. The van der Waals surface area contributed by atoms with Crippen LogP contribution in [0.4, 0.5) is 5.69 Å². The molecular weight excluding hydrogens is 334 g/mol. The average molecular weight is 357 g/mol. The molecule has 2 fully saturated rings. The smallest absolute Gasteiger partial charge is 0.265 e. The molecule has 1 atom stereocenters. The first-order valence-electron chi connectivity index (χ1n) is 8.76. The summed E-state index contributed by atoms with van der Waals surface area (Å²) in [7, 11) is 2.14. The van der Waals surface area contributed by atoms with Crippen LogP contribution < -0.4 is 4.90 Å². The normalized spacial score (nSPS) is 22.3. The second kappa shape index (κ2) is 6.77. The summed E-state index contributed by atoms with van der Waals surface area (Å²) in [5, 5.41) is 0. The van der Waals surface area contributed by atoms with Crippen LogP contribution in [0.1, 0.15) is 28.9 Å². The highest BCUT2D eigenvalue weighted by molar-refractivity contribution is 7.11. The number of anilines is 1. The molecule has 1 aromatic carbocycles. The van der Waals surface area contributed by atoms with E-state index in [-0.39, 0.29) is 11.5 Å². The molecule has 0 aliphatic carbocycles. The minimum atomic E-state index is -0.0712. The number of ether oxygens (including phenoxy) is 1. The number of carbonyl (C=O) groups is 1. The lowest BCUT2D eigenvalue weighted by molar-refractivity contribution is -0.0387. The van der Waals surface area contributed by atoms with E-state index in [1.807, 2.05) is 11.0 Å². The van der Waals surface area contributed by atoms with Crippen LogP contribution in [0.25, 0.3) is 0 Å². The van der Waals surface area contributed by atoms with E-state index in [1.165, 1.54) is 17.0 Å². The molecule has 5 nitrogen and oxygen atoms in total. The fraction of sp³-hybridized carbons (Fsp3) is 0.474. The minimum Gasteiger partial charge on any atom is -0.373 e. The van der Waals surface area contributed by atoms with Gasteiger partial charge in [0.1, 0.15) is 4.88 Å². The first-order valence-corrected chi connectivity index (χ1v) is 9.64. The lowest BCUT2D eigenvalue weighted by Crippen LogP contribution is -2.46. The van der Waals surface area contributed by atoms with Gasteiger partial charge in [-0.2, -0.15) is 0 Å². The van der Waals surface area contributed by atoms with E-state index in [2.05, 4.69) is 41.2 Å². The molecule has 2 aliphatic rings. The summed E-state index contributed by atoms with van der Waals surface area (Å²) in [4.78, 5) is 21.5. The third-order valence-corrected chi connectivity index (χ3v) is 6.27. The van der Waals surface area contributed by atoms with Crippen LogP contribution in [0.2, 0.25) is 0 Å². The Kier molecular flexibility index (Phi) is 4.48. The molecule has 1 spiro atoms. The van der Waals surface area contributed by atoms with Crippen LogP contribution in [-0.4, -0.2) is 54.2 Å². The van der Waals surface area contributed by atoms with Gasteiger partial charge in [0.2, 0.25) is 0 Å². The second-order valence-corrected chi connectivity index (χ2v) is 7.84. The summed E-state index contributed by atoms with van der Waals surface area (Å²) < 4.78 is 6.27. The number of aromatic nitrogens is 1. The van der Waals surface area contributed by atoms with Gasteiger partial charge < -0.3 is 14.5 Å². The van der Waals surface area contributed by atoms with Crippen LogP contribution in [0.3, 0.4) is 0 Å². The lowest BCUT2D eigenvalue weighted by Gasteiger charge is -2.38. The maximum atomic E-state index is 12.5. The Hall–Kier alpha value is -1.92. The van der Waals surface area contributed by atoms with Crippen LogP contribution >= 0.6 is 11.3 Å². The molecule has 25 heavy (non-hydrogen) atoms. The Morgan fingerprint density at radius 1 is 1.32 bits per heavy atom. The van der Waals surface area contributed by atoms with Crippen molar-refractivity contribution in [3.63, 3.8) is 0 Å². The van der Waals surface area contributed by atoms with Gasteiger partial charge in [-0.05, 0) is 31.4 Å².